The van der Waals surface area contributed by atoms with Crippen LogP contribution in [0.1, 0.15) is 17.2 Å². The van der Waals surface area contributed by atoms with Crippen molar-refractivity contribution in [2.24, 2.45) is 0 Å². The van der Waals surface area contributed by atoms with Crippen molar-refractivity contribution in [3.8, 4) is 6.07 Å². The lowest BCUT2D eigenvalue weighted by Crippen LogP contribution is -2.32. The van der Waals surface area contributed by atoms with Crippen molar-refractivity contribution in [2.45, 2.75) is 12.6 Å². The summed E-state index contributed by atoms with van der Waals surface area (Å²) in [6.45, 7) is 0.238. The van der Waals surface area contributed by atoms with E-state index in [4.69, 9.17) is 5.11 Å². The van der Waals surface area contributed by atoms with Gasteiger partial charge in [0.25, 0.3) is 0 Å². The highest BCUT2D eigenvalue weighted by Crippen LogP contribution is 2.21. The molecule has 0 aliphatic carbocycles. The summed E-state index contributed by atoms with van der Waals surface area (Å²) in [6, 6.07) is 20.4. The highest BCUT2D eigenvalue weighted by Gasteiger charge is 2.22. The number of nitriles is 1. The highest BCUT2D eigenvalue weighted by atomic mass is 35.5. The van der Waals surface area contributed by atoms with Crippen LogP contribution in [0.15, 0.2) is 60.7 Å². The molecule has 2 rings (SSSR count). The largest absolute Gasteiger partial charge is 0.480 e. The Morgan fingerprint density at radius 2 is 1.64 bits per heavy atom. The van der Waals surface area contributed by atoms with Gasteiger partial charge in [-0.3, -0.25) is 9.69 Å². The zero-order valence-electron chi connectivity index (χ0n) is 11.9. The summed E-state index contributed by atoms with van der Waals surface area (Å²) in [5.74, 6) is -0.942. The lowest BCUT2D eigenvalue weighted by Gasteiger charge is -2.25. The molecule has 22 heavy (non-hydrogen) atoms. The highest BCUT2D eigenvalue weighted by molar-refractivity contribution is 5.85. The number of carbonyl (C=O) groups is 1. The third-order valence-electron chi connectivity index (χ3n) is 3.17. The van der Waals surface area contributed by atoms with Gasteiger partial charge in [-0.2, -0.15) is 5.26 Å². The summed E-state index contributed by atoms with van der Waals surface area (Å²) in [5.41, 5.74) is 1.78. The van der Waals surface area contributed by atoms with E-state index < -0.39 is 12.0 Å². The van der Waals surface area contributed by atoms with Crippen LogP contribution < -0.4 is 0 Å². The Balaban J connectivity index is 0.00000242. The molecule has 0 fully saturated rings. The Bertz CT molecular complexity index is 626. The van der Waals surface area contributed by atoms with Crippen LogP contribution in [0.5, 0.6) is 0 Å². The molecule has 5 heteroatoms. The molecule has 0 aliphatic heterocycles. The minimum Gasteiger partial charge on any atom is -0.480 e. The second kappa shape index (κ2) is 8.83. The van der Waals surface area contributed by atoms with E-state index in [0.717, 1.165) is 11.1 Å². The van der Waals surface area contributed by atoms with Gasteiger partial charge in [0, 0.05) is 6.54 Å². The summed E-state index contributed by atoms with van der Waals surface area (Å²) in [7, 11) is 0. The SMILES string of the molecule is Cl.N#CC(c1ccccc1)N(CC(=O)O)Cc1ccccc1. The maximum absolute atomic E-state index is 11.1. The average molecular weight is 317 g/mol. The number of rotatable bonds is 6. The second-order valence-corrected chi connectivity index (χ2v) is 4.73. The minimum absolute atomic E-state index is 0. The van der Waals surface area contributed by atoms with Gasteiger partial charge in [0.2, 0.25) is 0 Å². The third kappa shape index (κ3) is 4.88. The van der Waals surface area contributed by atoms with Crippen molar-refractivity contribution >= 4 is 18.4 Å². The maximum Gasteiger partial charge on any atom is 0.317 e. The molecule has 1 N–H and O–H groups in total. The molecule has 1 atom stereocenters. The van der Waals surface area contributed by atoms with Gasteiger partial charge in [-0.05, 0) is 11.1 Å². The van der Waals surface area contributed by atoms with E-state index in [-0.39, 0.29) is 19.0 Å². The number of halogens is 1. The number of nitrogens with zero attached hydrogens (tertiary/aromatic N) is 2. The molecular weight excluding hydrogens is 300 g/mol. The topological polar surface area (TPSA) is 64.3 Å². The predicted molar refractivity (Wildman–Crippen MR) is 86.5 cm³/mol. The van der Waals surface area contributed by atoms with Gasteiger partial charge in [-0.1, -0.05) is 60.7 Å². The fourth-order valence-corrected chi connectivity index (χ4v) is 2.23. The number of carboxylic acids is 1. The van der Waals surface area contributed by atoms with Gasteiger partial charge in [0.05, 0.1) is 12.6 Å². The van der Waals surface area contributed by atoms with Crippen LogP contribution >= 0.6 is 12.4 Å². The first-order chi connectivity index (χ1) is 10.2. The van der Waals surface area contributed by atoms with Gasteiger partial charge in [0.15, 0.2) is 0 Å². The molecule has 0 saturated heterocycles. The fraction of sp³-hybridized carbons (Fsp3) is 0.176. The van der Waals surface area contributed by atoms with E-state index in [1.165, 1.54) is 0 Å². The Kier molecular flexibility index (Phi) is 7.11. The molecule has 114 valence electrons. The normalized spacial score (nSPS) is 11.3. The summed E-state index contributed by atoms with van der Waals surface area (Å²) in [4.78, 5) is 12.8. The molecule has 1 unspecified atom stereocenters. The molecule has 0 aliphatic rings. The lowest BCUT2D eigenvalue weighted by molar-refractivity contribution is -0.138. The van der Waals surface area contributed by atoms with Crippen molar-refractivity contribution in [2.75, 3.05) is 6.54 Å². The lowest BCUT2D eigenvalue weighted by atomic mass is 10.1. The van der Waals surface area contributed by atoms with Gasteiger partial charge >= 0.3 is 5.97 Å². The number of benzene rings is 2. The van der Waals surface area contributed by atoms with Crippen LogP contribution in [0.25, 0.3) is 0 Å². The smallest absolute Gasteiger partial charge is 0.317 e. The molecule has 0 radical (unpaired) electrons. The zero-order chi connectivity index (χ0) is 15.1. The molecular formula is C17H17ClN2O2. The molecule has 0 heterocycles. The van der Waals surface area contributed by atoms with Crippen molar-refractivity contribution in [1.29, 1.82) is 5.26 Å². The number of hydrogen-bond acceptors (Lipinski definition) is 3. The summed E-state index contributed by atoms with van der Waals surface area (Å²) in [5, 5.41) is 18.6. The summed E-state index contributed by atoms with van der Waals surface area (Å²) in [6.07, 6.45) is 0. The van der Waals surface area contributed by atoms with E-state index in [0.29, 0.717) is 6.54 Å². The van der Waals surface area contributed by atoms with Crippen molar-refractivity contribution in [1.82, 2.24) is 4.90 Å². The van der Waals surface area contributed by atoms with Crippen LogP contribution in [0, 0.1) is 11.3 Å². The number of aliphatic carboxylic acids is 1. The van der Waals surface area contributed by atoms with E-state index in [1.54, 1.807) is 4.90 Å². The molecule has 4 nitrogen and oxygen atoms in total. The standard InChI is InChI=1S/C17H16N2O2.ClH/c18-11-16(15-9-5-2-6-10-15)19(13-17(20)21)12-14-7-3-1-4-8-14;/h1-10,16H,12-13H2,(H,20,21);1H. The fourth-order valence-electron chi connectivity index (χ4n) is 2.23. The minimum atomic E-state index is -0.942. The van der Waals surface area contributed by atoms with Crippen molar-refractivity contribution in [3.05, 3.63) is 71.8 Å². The van der Waals surface area contributed by atoms with Crippen LogP contribution in [-0.4, -0.2) is 22.5 Å². The molecule has 0 bridgehead atoms. The first-order valence-corrected chi connectivity index (χ1v) is 6.65. The molecule has 0 amide bonds. The number of hydrogen-bond donors (Lipinski definition) is 1. The maximum atomic E-state index is 11.1. The summed E-state index contributed by atoms with van der Waals surface area (Å²) < 4.78 is 0. The first-order valence-electron chi connectivity index (χ1n) is 6.65. The second-order valence-electron chi connectivity index (χ2n) is 4.73. The van der Waals surface area contributed by atoms with E-state index in [2.05, 4.69) is 6.07 Å². The van der Waals surface area contributed by atoms with Gasteiger partial charge < -0.3 is 5.11 Å². The Morgan fingerprint density at radius 3 is 2.14 bits per heavy atom. The Labute approximate surface area is 136 Å². The van der Waals surface area contributed by atoms with Gasteiger partial charge in [0.1, 0.15) is 6.04 Å². The molecule has 0 spiro atoms. The summed E-state index contributed by atoms with van der Waals surface area (Å²) >= 11 is 0. The molecule has 2 aromatic carbocycles. The Morgan fingerprint density at radius 1 is 1.09 bits per heavy atom. The number of carboxylic acid groups (broad SMARTS) is 1. The first kappa shape index (κ1) is 17.7. The Hall–Kier alpha value is -2.35. The predicted octanol–water partition coefficient (Wildman–Crippen LogP) is 3.26. The zero-order valence-corrected chi connectivity index (χ0v) is 12.7. The van der Waals surface area contributed by atoms with E-state index >= 15 is 0 Å². The van der Waals surface area contributed by atoms with Gasteiger partial charge in [-0.25, -0.2) is 0 Å². The third-order valence-corrected chi connectivity index (χ3v) is 3.17. The van der Waals surface area contributed by atoms with Crippen molar-refractivity contribution < 1.29 is 9.90 Å². The quantitative estimate of drug-likeness (QED) is 0.888. The van der Waals surface area contributed by atoms with Crippen LogP contribution in [0.3, 0.4) is 0 Å². The van der Waals surface area contributed by atoms with Gasteiger partial charge in [-0.15, -0.1) is 12.4 Å². The molecule has 0 saturated carbocycles. The van der Waals surface area contributed by atoms with E-state index in [9.17, 15) is 10.1 Å². The van der Waals surface area contributed by atoms with Crippen LogP contribution in [0.4, 0.5) is 0 Å². The molecule has 2 aromatic rings. The average Bonchev–Trinajstić information content (AvgIpc) is 2.49. The van der Waals surface area contributed by atoms with Crippen LogP contribution in [0.2, 0.25) is 0 Å². The monoisotopic (exact) mass is 316 g/mol. The van der Waals surface area contributed by atoms with E-state index in [1.807, 2.05) is 60.7 Å². The molecule has 0 aromatic heterocycles. The van der Waals surface area contributed by atoms with Crippen LogP contribution in [-0.2, 0) is 11.3 Å². The van der Waals surface area contributed by atoms with Crippen molar-refractivity contribution in [3.63, 3.8) is 0 Å².